The SMILES string of the molecule is COc1cc(Cl)c(C)cc1NC(=O)[C@H](C)N1CCN(C/C=C/c2ccccc2)CC1. The van der Waals surface area contributed by atoms with Crippen LogP contribution in [0.15, 0.2) is 48.5 Å². The van der Waals surface area contributed by atoms with E-state index < -0.39 is 0 Å². The molecule has 1 fully saturated rings. The van der Waals surface area contributed by atoms with Gasteiger partial charge in [-0.05, 0) is 31.0 Å². The van der Waals surface area contributed by atoms with Crippen LogP contribution in [-0.2, 0) is 4.79 Å². The smallest absolute Gasteiger partial charge is 0.241 e. The van der Waals surface area contributed by atoms with E-state index in [0.29, 0.717) is 16.5 Å². The Morgan fingerprint density at radius 1 is 1.20 bits per heavy atom. The molecule has 1 aliphatic heterocycles. The van der Waals surface area contributed by atoms with Crippen LogP contribution < -0.4 is 10.1 Å². The zero-order valence-corrected chi connectivity index (χ0v) is 18.7. The highest BCUT2D eigenvalue weighted by molar-refractivity contribution is 6.31. The summed E-state index contributed by atoms with van der Waals surface area (Å²) in [7, 11) is 1.57. The van der Waals surface area contributed by atoms with Gasteiger partial charge in [0.05, 0.1) is 18.8 Å². The Morgan fingerprint density at radius 3 is 2.57 bits per heavy atom. The van der Waals surface area contributed by atoms with Gasteiger partial charge in [0, 0.05) is 43.8 Å². The Bertz CT molecular complexity index is 878. The van der Waals surface area contributed by atoms with Gasteiger partial charge < -0.3 is 10.1 Å². The van der Waals surface area contributed by atoms with Crippen molar-refractivity contribution in [3.63, 3.8) is 0 Å². The third kappa shape index (κ3) is 5.85. The highest BCUT2D eigenvalue weighted by Crippen LogP contribution is 2.31. The van der Waals surface area contributed by atoms with Crippen molar-refractivity contribution < 1.29 is 9.53 Å². The van der Waals surface area contributed by atoms with Gasteiger partial charge in [0.25, 0.3) is 0 Å². The fourth-order valence-corrected chi connectivity index (χ4v) is 3.72. The molecule has 0 saturated carbocycles. The molecule has 0 radical (unpaired) electrons. The second-order valence-corrected chi connectivity index (χ2v) is 8.02. The molecule has 30 heavy (non-hydrogen) atoms. The van der Waals surface area contributed by atoms with Crippen LogP contribution in [0.4, 0.5) is 5.69 Å². The highest BCUT2D eigenvalue weighted by atomic mass is 35.5. The Morgan fingerprint density at radius 2 is 1.90 bits per heavy atom. The average Bonchev–Trinajstić information content (AvgIpc) is 2.76. The third-order valence-corrected chi connectivity index (χ3v) is 5.95. The number of piperazine rings is 1. The van der Waals surface area contributed by atoms with Crippen molar-refractivity contribution in [2.75, 3.05) is 45.2 Å². The van der Waals surface area contributed by atoms with Crippen molar-refractivity contribution in [1.29, 1.82) is 0 Å². The fourth-order valence-electron chi connectivity index (χ4n) is 3.57. The van der Waals surface area contributed by atoms with Gasteiger partial charge >= 0.3 is 0 Å². The zero-order chi connectivity index (χ0) is 21.5. The maximum atomic E-state index is 12.8. The molecule has 2 aromatic carbocycles. The summed E-state index contributed by atoms with van der Waals surface area (Å²) in [6, 6.07) is 13.7. The van der Waals surface area contributed by atoms with Crippen LogP contribution in [0.25, 0.3) is 6.08 Å². The standard InChI is InChI=1S/C24H30ClN3O2/c1-18-16-22(23(30-3)17-21(18)25)26-24(29)19(2)28-14-12-27(13-15-28)11-7-10-20-8-5-4-6-9-20/h4-10,16-17,19H,11-15H2,1-3H3,(H,26,29)/b10-7+/t19-/m0/s1. The lowest BCUT2D eigenvalue weighted by Crippen LogP contribution is -2.52. The van der Waals surface area contributed by atoms with Gasteiger partial charge in [0.15, 0.2) is 0 Å². The van der Waals surface area contributed by atoms with E-state index in [2.05, 4.69) is 39.4 Å². The summed E-state index contributed by atoms with van der Waals surface area (Å²) in [5, 5.41) is 3.62. The summed E-state index contributed by atoms with van der Waals surface area (Å²) < 4.78 is 5.36. The number of carbonyl (C=O) groups excluding carboxylic acids is 1. The molecule has 1 N–H and O–H groups in total. The normalized spacial score (nSPS) is 16.5. The first kappa shape index (κ1) is 22.3. The number of ether oxygens (including phenoxy) is 1. The quantitative estimate of drug-likeness (QED) is 0.714. The van der Waals surface area contributed by atoms with Crippen LogP contribution in [0.1, 0.15) is 18.1 Å². The van der Waals surface area contributed by atoms with E-state index >= 15 is 0 Å². The number of rotatable bonds is 7. The zero-order valence-electron chi connectivity index (χ0n) is 17.9. The van der Waals surface area contributed by atoms with E-state index in [9.17, 15) is 4.79 Å². The number of anilines is 1. The number of hydrogen-bond donors (Lipinski definition) is 1. The molecule has 160 valence electrons. The predicted molar refractivity (Wildman–Crippen MR) is 124 cm³/mol. The Kier molecular flexibility index (Phi) is 7.91. The lowest BCUT2D eigenvalue weighted by molar-refractivity contribution is -0.121. The summed E-state index contributed by atoms with van der Waals surface area (Å²) in [5.74, 6) is 0.536. The van der Waals surface area contributed by atoms with E-state index in [1.165, 1.54) is 5.56 Å². The summed E-state index contributed by atoms with van der Waals surface area (Å²) in [4.78, 5) is 17.5. The van der Waals surface area contributed by atoms with Crippen LogP contribution in [0, 0.1) is 6.92 Å². The van der Waals surface area contributed by atoms with Gasteiger partial charge in [-0.25, -0.2) is 0 Å². The summed E-state index contributed by atoms with van der Waals surface area (Å²) in [6.07, 6.45) is 4.36. The molecule has 0 aromatic heterocycles. The second kappa shape index (κ2) is 10.6. The Labute approximate surface area is 184 Å². The average molecular weight is 428 g/mol. The lowest BCUT2D eigenvalue weighted by Gasteiger charge is -2.37. The number of aryl methyl sites for hydroxylation is 1. The van der Waals surface area contributed by atoms with Crippen LogP contribution in [0.5, 0.6) is 5.75 Å². The van der Waals surface area contributed by atoms with Gasteiger partial charge in [-0.3, -0.25) is 14.6 Å². The second-order valence-electron chi connectivity index (χ2n) is 7.62. The van der Waals surface area contributed by atoms with Gasteiger partial charge in [-0.1, -0.05) is 54.1 Å². The van der Waals surface area contributed by atoms with E-state index in [1.807, 2.05) is 38.1 Å². The molecule has 1 atom stereocenters. The Balaban J connectivity index is 1.50. The summed E-state index contributed by atoms with van der Waals surface area (Å²) >= 11 is 6.16. The van der Waals surface area contributed by atoms with E-state index in [0.717, 1.165) is 38.3 Å². The van der Waals surface area contributed by atoms with Crippen molar-refractivity contribution in [1.82, 2.24) is 9.80 Å². The van der Waals surface area contributed by atoms with Crippen molar-refractivity contribution >= 4 is 29.3 Å². The van der Waals surface area contributed by atoms with Gasteiger partial charge in [0.2, 0.25) is 5.91 Å². The molecule has 2 aromatic rings. The number of amides is 1. The minimum absolute atomic E-state index is 0.0348. The van der Waals surface area contributed by atoms with Crippen molar-refractivity contribution in [2.45, 2.75) is 19.9 Å². The first-order valence-electron chi connectivity index (χ1n) is 10.3. The van der Waals surface area contributed by atoms with Gasteiger partial charge in [-0.2, -0.15) is 0 Å². The molecule has 1 aliphatic rings. The first-order valence-corrected chi connectivity index (χ1v) is 10.7. The molecule has 0 spiro atoms. The molecular weight excluding hydrogens is 398 g/mol. The minimum atomic E-state index is -0.215. The topological polar surface area (TPSA) is 44.8 Å². The summed E-state index contributed by atoms with van der Waals surface area (Å²) in [5.41, 5.74) is 2.77. The number of nitrogens with one attached hydrogen (secondary N) is 1. The van der Waals surface area contributed by atoms with Gasteiger partial charge in [0.1, 0.15) is 5.75 Å². The number of nitrogens with zero attached hydrogens (tertiary/aromatic N) is 2. The maximum absolute atomic E-state index is 12.8. The van der Waals surface area contributed by atoms with Crippen molar-refractivity contribution in [3.05, 3.63) is 64.7 Å². The molecule has 0 unspecified atom stereocenters. The largest absolute Gasteiger partial charge is 0.495 e. The van der Waals surface area contributed by atoms with Crippen LogP contribution in [0.2, 0.25) is 5.02 Å². The minimum Gasteiger partial charge on any atom is -0.495 e. The van der Waals surface area contributed by atoms with E-state index in [4.69, 9.17) is 16.3 Å². The summed E-state index contributed by atoms with van der Waals surface area (Å²) in [6.45, 7) is 8.40. The fraction of sp³-hybridized carbons (Fsp3) is 0.375. The number of benzene rings is 2. The highest BCUT2D eigenvalue weighted by Gasteiger charge is 2.26. The molecule has 1 amide bonds. The molecule has 3 rings (SSSR count). The van der Waals surface area contributed by atoms with Crippen LogP contribution >= 0.6 is 11.6 Å². The molecule has 6 heteroatoms. The maximum Gasteiger partial charge on any atom is 0.241 e. The van der Waals surface area contributed by atoms with Crippen LogP contribution in [0.3, 0.4) is 0 Å². The number of carbonyl (C=O) groups is 1. The van der Waals surface area contributed by atoms with Crippen molar-refractivity contribution in [3.8, 4) is 5.75 Å². The number of hydrogen-bond acceptors (Lipinski definition) is 4. The molecule has 1 heterocycles. The van der Waals surface area contributed by atoms with E-state index in [-0.39, 0.29) is 11.9 Å². The lowest BCUT2D eigenvalue weighted by atomic mass is 10.1. The molecule has 0 bridgehead atoms. The monoisotopic (exact) mass is 427 g/mol. The first-order chi connectivity index (χ1) is 14.5. The van der Waals surface area contributed by atoms with E-state index in [1.54, 1.807) is 13.2 Å². The number of halogens is 1. The molecular formula is C24H30ClN3O2. The van der Waals surface area contributed by atoms with Crippen molar-refractivity contribution in [2.24, 2.45) is 0 Å². The molecule has 5 nitrogen and oxygen atoms in total. The van der Waals surface area contributed by atoms with Crippen LogP contribution in [-0.4, -0.2) is 61.6 Å². The molecule has 1 saturated heterocycles. The van der Waals surface area contributed by atoms with Gasteiger partial charge in [-0.15, -0.1) is 0 Å². The third-order valence-electron chi connectivity index (χ3n) is 5.55. The predicted octanol–water partition coefficient (Wildman–Crippen LogP) is 4.32. The Hall–Kier alpha value is -2.34. The molecule has 0 aliphatic carbocycles. The number of methoxy groups -OCH3 is 1.